The molecule has 0 aliphatic carbocycles. The summed E-state index contributed by atoms with van der Waals surface area (Å²) in [6.07, 6.45) is 1.66. The molecule has 1 aromatic heterocycles. The number of aromatic nitrogens is 1. The summed E-state index contributed by atoms with van der Waals surface area (Å²) in [5, 5.41) is 0.496. The van der Waals surface area contributed by atoms with Crippen LogP contribution in [-0.2, 0) is 0 Å². The van der Waals surface area contributed by atoms with Crippen LogP contribution in [0.1, 0.15) is 0 Å². The van der Waals surface area contributed by atoms with E-state index in [4.69, 9.17) is 22.2 Å². The van der Waals surface area contributed by atoms with Crippen molar-refractivity contribution in [2.45, 2.75) is 0 Å². The lowest BCUT2D eigenvalue weighted by Gasteiger charge is -2.07. The largest absolute Gasteiger partial charge is 0.439 e. The van der Waals surface area contributed by atoms with E-state index in [0.717, 1.165) is 0 Å². The second kappa shape index (κ2) is 4.83. The maximum Gasteiger partial charge on any atom is 0.219 e. The number of halogens is 1. The summed E-state index contributed by atoms with van der Waals surface area (Å²) in [5.41, 5.74) is 3.13. The molecule has 4 nitrogen and oxygen atoms in total. The molecule has 0 fully saturated rings. The van der Waals surface area contributed by atoms with Gasteiger partial charge in [0.15, 0.2) is 0 Å². The second-order valence-electron chi connectivity index (χ2n) is 3.06. The molecule has 0 amide bonds. The van der Waals surface area contributed by atoms with E-state index in [1.165, 1.54) is 0 Å². The molecule has 0 unspecified atom stereocenters. The molecule has 0 atom stereocenters. The molecular formula is C11H10ClN3O. The minimum atomic E-state index is 0.496. The van der Waals surface area contributed by atoms with E-state index in [1.54, 1.807) is 30.5 Å². The summed E-state index contributed by atoms with van der Waals surface area (Å²) in [6, 6.07) is 10.6. The first-order chi connectivity index (χ1) is 7.79. The number of hydrogen-bond acceptors (Lipinski definition) is 4. The first-order valence-corrected chi connectivity index (χ1v) is 5.02. The van der Waals surface area contributed by atoms with Crippen molar-refractivity contribution in [3.05, 3.63) is 47.6 Å². The number of nitrogen functional groups attached to an aromatic ring is 1. The van der Waals surface area contributed by atoms with Crippen LogP contribution in [0.4, 0.5) is 5.69 Å². The smallest absolute Gasteiger partial charge is 0.219 e. The Labute approximate surface area is 98.0 Å². The van der Waals surface area contributed by atoms with Crippen LogP contribution in [0.5, 0.6) is 11.6 Å². The Morgan fingerprint density at radius 1 is 1.25 bits per heavy atom. The Morgan fingerprint density at radius 2 is 2.12 bits per heavy atom. The summed E-state index contributed by atoms with van der Waals surface area (Å²) in [6.45, 7) is 0. The Bertz CT molecular complexity index is 476. The van der Waals surface area contributed by atoms with Crippen LogP contribution in [0.3, 0.4) is 0 Å². The van der Waals surface area contributed by atoms with Gasteiger partial charge in [-0.25, -0.2) is 4.98 Å². The predicted octanol–water partition coefficient (Wildman–Crippen LogP) is 2.81. The van der Waals surface area contributed by atoms with Crippen LogP contribution < -0.4 is 16.0 Å². The van der Waals surface area contributed by atoms with E-state index in [1.807, 2.05) is 12.1 Å². The van der Waals surface area contributed by atoms with Gasteiger partial charge in [0.05, 0.1) is 10.7 Å². The van der Waals surface area contributed by atoms with Crippen molar-refractivity contribution in [1.29, 1.82) is 0 Å². The van der Waals surface area contributed by atoms with Crippen molar-refractivity contribution in [3.63, 3.8) is 0 Å². The van der Waals surface area contributed by atoms with Gasteiger partial charge in [0.25, 0.3) is 0 Å². The van der Waals surface area contributed by atoms with Crippen molar-refractivity contribution in [2.24, 2.45) is 5.84 Å². The Hall–Kier alpha value is -1.78. The van der Waals surface area contributed by atoms with Crippen molar-refractivity contribution >= 4 is 17.3 Å². The van der Waals surface area contributed by atoms with E-state index in [0.29, 0.717) is 22.3 Å². The van der Waals surface area contributed by atoms with Crippen LogP contribution in [0.15, 0.2) is 42.6 Å². The molecule has 0 radical (unpaired) electrons. The number of pyridine rings is 1. The van der Waals surface area contributed by atoms with Gasteiger partial charge in [-0.3, -0.25) is 5.84 Å². The standard InChI is InChI=1S/C11H10ClN3O/c12-9-7-8(4-5-10(9)15-13)16-11-3-1-2-6-14-11/h1-7,15H,13H2. The minimum Gasteiger partial charge on any atom is -0.439 e. The fourth-order valence-electron chi connectivity index (χ4n) is 1.20. The zero-order chi connectivity index (χ0) is 11.4. The first kappa shape index (κ1) is 10.7. The van der Waals surface area contributed by atoms with E-state index in [-0.39, 0.29) is 0 Å². The molecule has 1 aromatic carbocycles. The van der Waals surface area contributed by atoms with Gasteiger partial charge in [-0.1, -0.05) is 17.7 Å². The van der Waals surface area contributed by atoms with Gasteiger partial charge in [0.2, 0.25) is 5.88 Å². The van der Waals surface area contributed by atoms with Gasteiger partial charge in [0.1, 0.15) is 5.75 Å². The third-order valence-corrected chi connectivity index (χ3v) is 2.27. The number of anilines is 1. The number of nitrogens with one attached hydrogen (secondary N) is 1. The highest BCUT2D eigenvalue weighted by Gasteiger charge is 2.02. The van der Waals surface area contributed by atoms with E-state index in [2.05, 4.69) is 10.4 Å². The monoisotopic (exact) mass is 235 g/mol. The fraction of sp³-hybridized carbons (Fsp3) is 0. The fourth-order valence-corrected chi connectivity index (χ4v) is 1.43. The Morgan fingerprint density at radius 3 is 2.75 bits per heavy atom. The molecular weight excluding hydrogens is 226 g/mol. The molecule has 2 aromatic rings. The van der Waals surface area contributed by atoms with Crippen LogP contribution >= 0.6 is 11.6 Å². The number of nitrogens with zero attached hydrogens (tertiary/aromatic N) is 1. The van der Waals surface area contributed by atoms with E-state index < -0.39 is 0 Å². The number of hydrazine groups is 1. The second-order valence-corrected chi connectivity index (χ2v) is 3.46. The van der Waals surface area contributed by atoms with Crippen molar-refractivity contribution in [3.8, 4) is 11.6 Å². The van der Waals surface area contributed by atoms with Gasteiger partial charge < -0.3 is 10.2 Å². The van der Waals surface area contributed by atoms with Crippen LogP contribution in [0.2, 0.25) is 5.02 Å². The number of benzene rings is 1. The molecule has 3 N–H and O–H groups in total. The molecule has 0 bridgehead atoms. The average molecular weight is 236 g/mol. The highest BCUT2D eigenvalue weighted by Crippen LogP contribution is 2.28. The van der Waals surface area contributed by atoms with Crippen LogP contribution in [-0.4, -0.2) is 4.98 Å². The Kier molecular flexibility index (Phi) is 3.24. The minimum absolute atomic E-state index is 0.496. The third-order valence-electron chi connectivity index (χ3n) is 1.96. The normalized spacial score (nSPS) is 9.88. The SMILES string of the molecule is NNc1ccc(Oc2ccccn2)cc1Cl. The molecule has 0 saturated carbocycles. The summed E-state index contributed by atoms with van der Waals surface area (Å²) in [4.78, 5) is 4.04. The molecule has 0 aliphatic heterocycles. The molecule has 0 aliphatic rings. The lowest BCUT2D eigenvalue weighted by atomic mass is 10.3. The first-order valence-electron chi connectivity index (χ1n) is 4.64. The highest BCUT2D eigenvalue weighted by atomic mass is 35.5. The summed E-state index contributed by atoms with van der Waals surface area (Å²) >= 11 is 5.95. The lowest BCUT2D eigenvalue weighted by molar-refractivity contribution is 0.463. The zero-order valence-electron chi connectivity index (χ0n) is 8.35. The van der Waals surface area contributed by atoms with Crippen LogP contribution in [0.25, 0.3) is 0 Å². The maximum atomic E-state index is 5.95. The molecule has 0 spiro atoms. The van der Waals surface area contributed by atoms with Crippen LogP contribution in [0, 0.1) is 0 Å². The van der Waals surface area contributed by atoms with Gasteiger partial charge in [-0.15, -0.1) is 0 Å². The summed E-state index contributed by atoms with van der Waals surface area (Å²) < 4.78 is 5.49. The lowest BCUT2D eigenvalue weighted by Crippen LogP contribution is -2.06. The maximum absolute atomic E-state index is 5.95. The van der Waals surface area contributed by atoms with Crippen molar-refractivity contribution in [1.82, 2.24) is 4.98 Å². The molecule has 5 heteroatoms. The molecule has 0 saturated heterocycles. The number of hydrogen-bond donors (Lipinski definition) is 2. The van der Waals surface area contributed by atoms with Gasteiger partial charge in [0, 0.05) is 18.3 Å². The van der Waals surface area contributed by atoms with E-state index in [9.17, 15) is 0 Å². The van der Waals surface area contributed by atoms with E-state index >= 15 is 0 Å². The average Bonchev–Trinajstić information content (AvgIpc) is 2.31. The molecule has 1 heterocycles. The quantitative estimate of drug-likeness (QED) is 0.634. The van der Waals surface area contributed by atoms with Crippen molar-refractivity contribution < 1.29 is 4.74 Å². The van der Waals surface area contributed by atoms with Crippen molar-refractivity contribution in [2.75, 3.05) is 5.43 Å². The topological polar surface area (TPSA) is 60.2 Å². The van der Waals surface area contributed by atoms with Gasteiger partial charge >= 0.3 is 0 Å². The number of ether oxygens (including phenoxy) is 1. The molecule has 82 valence electrons. The van der Waals surface area contributed by atoms with Gasteiger partial charge in [-0.2, -0.15) is 0 Å². The summed E-state index contributed by atoms with van der Waals surface area (Å²) in [5.74, 6) is 6.40. The number of nitrogens with two attached hydrogens (primary N) is 1. The highest BCUT2D eigenvalue weighted by molar-refractivity contribution is 6.33. The molecule has 16 heavy (non-hydrogen) atoms. The summed E-state index contributed by atoms with van der Waals surface area (Å²) in [7, 11) is 0. The van der Waals surface area contributed by atoms with Gasteiger partial charge in [-0.05, 0) is 18.2 Å². The Balaban J connectivity index is 2.20. The third kappa shape index (κ3) is 2.42. The zero-order valence-corrected chi connectivity index (χ0v) is 9.11. The predicted molar refractivity (Wildman–Crippen MR) is 63.6 cm³/mol. The number of rotatable bonds is 3. The molecule has 2 rings (SSSR count).